The van der Waals surface area contributed by atoms with Crippen LogP contribution in [0.2, 0.25) is 0 Å². The van der Waals surface area contributed by atoms with Crippen LogP contribution in [0.25, 0.3) is 0 Å². The van der Waals surface area contributed by atoms with E-state index in [1.807, 2.05) is 6.07 Å². The van der Waals surface area contributed by atoms with Gasteiger partial charge in [-0.05, 0) is 47.5 Å². The molecule has 2 unspecified atom stereocenters. The predicted molar refractivity (Wildman–Crippen MR) is 85.1 cm³/mol. The largest absolute Gasteiger partial charge is 0.474 e. The molecule has 2 rings (SSSR count). The number of hydrogen-bond acceptors (Lipinski definition) is 3. The lowest BCUT2D eigenvalue weighted by atomic mass is 9.85. The zero-order valence-electron chi connectivity index (χ0n) is 12.9. The summed E-state index contributed by atoms with van der Waals surface area (Å²) in [5.74, 6) is 2.20. The Kier molecular flexibility index (Phi) is 5.05. The van der Waals surface area contributed by atoms with Crippen molar-refractivity contribution in [3.05, 3.63) is 16.5 Å². The molecule has 3 nitrogen and oxygen atoms in total. The van der Waals surface area contributed by atoms with Gasteiger partial charge in [0.15, 0.2) is 0 Å². The van der Waals surface area contributed by atoms with Crippen LogP contribution in [0.15, 0.2) is 10.7 Å². The van der Waals surface area contributed by atoms with Gasteiger partial charge in [-0.3, -0.25) is 0 Å². The number of ether oxygens (including phenoxy) is 1. The van der Waals surface area contributed by atoms with Crippen molar-refractivity contribution in [3.8, 4) is 5.88 Å². The lowest BCUT2D eigenvalue weighted by Crippen LogP contribution is -2.30. The van der Waals surface area contributed by atoms with Crippen LogP contribution >= 0.6 is 15.9 Å². The monoisotopic (exact) mass is 340 g/mol. The van der Waals surface area contributed by atoms with Gasteiger partial charge in [0.1, 0.15) is 16.5 Å². The molecule has 0 aliphatic heterocycles. The Morgan fingerprint density at radius 2 is 1.95 bits per heavy atom. The first kappa shape index (κ1) is 15.7. The van der Waals surface area contributed by atoms with E-state index in [-0.39, 0.29) is 5.41 Å². The van der Waals surface area contributed by atoms with Crippen LogP contribution in [0.5, 0.6) is 5.88 Å². The maximum Gasteiger partial charge on any atom is 0.218 e. The Bertz CT molecular complexity index is 456. The first-order valence-electron chi connectivity index (χ1n) is 7.62. The van der Waals surface area contributed by atoms with Crippen molar-refractivity contribution in [1.82, 2.24) is 9.97 Å². The summed E-state index contributed by atoms with van der Waals surface area (Å²) in [7, 11) is 0. The molecule has 112 valence electrons. The van der Waals surface area contributed by atoms with E-state index in [0.717, 1.165) is 16.8 Å². The molecule has 1 heterocycles. The number of aromatic nitrogens is 2. The molecule has 0 saturated heterocycles. The minimum Gasteiger partial charge on any atom is -0.474 e. The van der Waals surface area contributed by atoms with Crippen LogP contribution in [0.4, 0.5) is 0 Å². The highest BCUT2D eigenvalue weighted by molar-refractivity contribution is 9.10. The van der Waals surface area contributed by atoms with Crippen LogP contribution < -0.4 is 4.74 Å². The number of nitrogens with zero attached hydrogens (tertiary/aromatic N) is 2. The second-order valence-electron chi connectivity index (χ2n) is 6.71. The number of rotatable bonds is 3. The minimum absolute atomic E-state index is 0.0708. The molecule has 1 aromatic heterocycles. The molecule has 0 N–H and O–H groups in total. The Morgan fingerprint density at radius 1 is 1.25 bits per heavy atom. The number of hydrogen-bond donors (Lipinski definition) is 0. The smallest absolute Gasteiger partial charge is 0.218 e. The van der Waals surface area contributed by atoms with Gasteiger partial charge in [0.2, 0.25) is 5.88 Å². The van der Waals surface area contributed by atoms with Crippen LogP contribution in [0.1, 0.15) is 65.6 Å². The molecule has 1 saturated carbocycles. The van der Waals surface area contributed by atoms with E-state index in [9.17, 15) is 0 Å². The van der Waals surface area contributed by atoms with Crippen LogP contribution in [0, 0.1) is 5.92 Å². The van der Waals surface area contributed by atoms with Crippen molar-refractivity contribution in [2.75, 3.05) is 0 Å². The normalized spacial score (nSPS) is 23.6. The molecule has 1 aliphatic carbocycles. The van der Waals surface area contributed by atoms with Crippen molar-refractivity contribution in [1.29, 1.82) is 0 Å². The van der Waals surface area contributed by atoms with Gasteiger partial charge < -0.3 is 4.74 Å². The first-order valence-corrected chi connectivity index (χ1v) is 8.41. The zero-order valence-corrected chi connectivity index (χ0v) is 14.5. The summed E-state index contributed by atoms with van der Waals surface area (Å²) in [6.07, 6.45) is 6.51. The molecule has 0 spiro atoms. The highest BCUT2D eigenvalue weighted by Gasteiger charge is 2.26. The Hall–Kier alpha value is -0.640. The summed E-state index contributed by atoms with van der Waals surface area (Å²) in [5, 5.41) is 0. The molecule has 2 atom stereocenters. The van der Waals surface area contributed by atoms with Crippen molar-refractivity contribution in [2.45, 2.75) is 71.3 Å². The molecule has 0 amide bonds. The molecule has 0 aromatic carbocycles. The fourth-order valence-electron chi connectivity index (χ4n) is 2.74. The van der Waals surface area contributed by atoms with Crippen LogP contribution in [-0.2, 0) is 5.41 Å². The Balaban J connectivity index is 2.18. The van der Waals surface area contributed by atoms with Gasteiger partial charge in [0.25, 0.3) is 0 Å². The average Bonchev–Trinajstić information content (AvgIpc) is 2.37. The van der Waals surface area contributed by atoms with Gasteiger partial charge in [0.05, 0.1) is 0 Å². The van der Waals surface area contributed by atoms with Crippen molar-refractivity contribution < 1.29 is 4.74 Å². The molecule has 1 aromatic rings. The van der Waals surface area contributed by atoms with Gasteiger partial charge in [-0.2, -0.15) is 4.98 Å². The topological polar surface area (TPSA) is 35.0 Å². The lowest BCUT2D eigenvalue weighted by Gasteiger charge is -2.31. The van der Waals surface area contributed by atoms with E-state index in [0.29, 0.717) is 17.9 Å². The molecule has 1 fully saturated rings. The van der Waals surface area contributed by atoms with Crippen molar-refractivity contribution in [3.63, 3.8) is 0 Å². The van der Waals surface area contributed by atoms with Gasteiger partial charge >= 0.3 is 0 Å². The maximum atomic E-state index is 6.19. The fourth-order valence-corrected chi connectivity index (χ4v) is 3.11. The van der Waals surface area contributed by atoms with Crippen LogP contribution in [-0.4, -0.2) is 16.1 Å². The van der Waals surface area contributed by atoms with Crippen molar-refractivity contribution in [2.24, 2.45) is 5.92 Å². The fraction of sp³-hybridized carbons (Fsp3) is 0.750. The molecular weight excluding hydrogens is 316 g/mol. The van der Waals surface area contributed by atoms with Crippen molar-refractivity contribution >= 4 is 15.9 Å². The third kappa shape index (κ3) is 3.94. The minimum atomic E-state index is -0.0708. The second kappa shape index (κ2) is 6.42. The van der Waals surface area contributed by atoms with E-state index < -0.39 is 0 Å². The molecule has 4 heteroatoms. The summed E-state index contributed by atoms with van der Waals surface area (Å²) >= 11 is 3.47. The van der Waals surface area contributed by atoms with E-state index in [1.165, 1.54) is 25.7 Å². The zero-order chi connectivity index (χ0) is 14.8. The summed E-state index contributed by atoms with van der Waals surface area (Å²) in [5.41, 5.74) is -0.0708. The van der Waals surface area contributed by atoms with E-state index in [4.69, 9.17) is 4.74 Å². The molecule has 0 radical (unpaired) electrons. The van der Waals surface area contributed by atoms with E-state index in [1.54, 1.807) is 0 Å². The highest BCUT2D eigenvalue weighted by Crippen LogP contribution is 2.31. The first-order chi connectivity index (χ1) is 9.40. The van der Waals surface area contributed by atoms with Crippen LogP contribution in [0.3, 0.4) is 0 Å². The highest BCUT2D eigenvalue weighted by atomic mass is 79.9. The second-order valence-corrected chi connectivity index (χ2v) is 7.52. The Labute approximate surface area is 130 Å². The summed E-state index contributed by atoms with van der Waals surface area (Å²) in [6.45, 7) is 8.61. The van der Waals surface area contributed by atoms with Gasteiger partial charge in [-0.25, -0.2) is 4.98 Å². The van der Waals surface area contributed by atoms with Gasteiger partial charge in [-0.1, -0.05) is 34.1 Å². The summed E-state index contributed by atoms with van der Waals surface area (Å²) in [4.78, 5) is 9.07. The molecular formula is C16H25BrN2O. The summed E-state index contributed by atoms with van der Waals surface area (Å²) < 4.78 is 7.00. The Morgan fingerprint density at radius 3 is 2.60 bits per heavy atom. The predicted octanol–water partition coefficient (Wildman–Crippen LogP) is 4.88. The number of halogens is 1. The van der Waals surface area contributed by atoms with E-state index in [2.05, 4.69) is 53.6 Å². The average molecular weight is 341 g/mol. The maximum absolute atomic E-state index is 6.19. The standard InChI is InChI=1S/C16H25BrN2O/c1-5-11-8-6-7-9-12(11)20-14-10-13(17)18-15(19-14)16(2,3)4/h10-12H,5-9H2,1-4H3. The third-order valence-electron chi connectivity index (χ3n) is 3.98. The molecule has 1 aliphatic rings. The summed E-state index contributed by atoms with van der Waals surface area (Å²) in [6, 6.07) is 1.89. The quantitative estimate of drug-likeness (QED) is 0.735. The SMILES string of the molecule is CCC1CCCCC1Oc1cc(Br)nc(C(C)(C)C)n1. The van der Waals surface area contributed by atoms with Gasteiger partial charge in [-0.15, -0.1) is 0 Å². The van der Waals surface area contributed by atoms with E-state index >= 15 is 0 Å². The lowest BCUT2D eigenvalue weighted by molar-refractivity contribution is 0.0851. The van der Waals surface area contributed by atoms with Gasteiger partial charge in [0, 0.05) is 11.5 Å². The molecule has 0 bridgehead atoms. The molecule has 20 heavy (non-hydrogen) atoms. The third-order valence-corrected chi connectivity index (χ3v) is 4.38.